The number of amides is 1. The number of nitrogens with one attached hydrogen (secondary N) is 1. The molecule has 0 saturated heterocycles. The van der Waals surface area contributed by atoms with Gasteiger partial charge in [-0.25, -0.2) is 9.07 Å². The number of aliphatic hydroxyl groups excluding tert-OH is 1. The Bertz CT molecular complexity index is 1660. The lowest BCUT2D eigenvalue weighted by molar-refractivity contribution is -0.137. The number of aryl methyl sites for hydroxylation is 1. The number of aliphatic hydroxyl groups is 1. The average Bonchev–Trinajstić information content (AvgIpc) is 3.64. The van der Waals surface area contributed by atoms with Crippen molar-refractivity contribution in [3.05, 3.63) is 89.3 Å². The third-order valence-electron chi connectivity index (χ3n) is 5.78. The van der Waals surface area contributed by atoms with Crippen molar-refractivity contribution in [1.29, 1.82) is 0 Å². The van der Waals surface area contributed by atoms with Crippen LogP contribution >= 0.6 is 0 Å². The van der Waals surface area contributed by atoms with Crippen LogP contribution in [0.15, 0.2) is 60.8 Å². The van der Waals surface area contributed by atoms with Gasteiger partial charge in [0.1, 0.15) is 11.6 Å². The van der Waals surface area contributed by atoms with E-state index in [0.29, 0.717) is 17.2 Å². The topological polar surface area (TPSA) is 129 Å². The van der Waals surface area contributed by atoms with Gasteiger partial charge in [-0.2, -0.15) is 28.2 Å². The van der Waals surface area contributed by atoms with Crippen LogP contribution in [0, 0.1) is 5.82 Å². The maximum atomic E-state index is 13.7. The highest BCUT2D eigenvalue weighted by molar-refractivity contribution is 6.04. The van der Waals surface area contributed by atoms with Crippen molar-refractivity contribution in [2.24, 2.45) is 7.05 Å². The van der Waals surface area contributed by atoms with E-state index >= 15 is 0 Å². The molecular formula is C25H21F4N9O2. The molecule has 0 aliphatic carbocycles. The molecule has 40 heavy (non-hydrogen) atoms. The van der Waals surface area contributed by atoms with Gasteiger partial charge < -0.3 is 10.4 Å². The normalized spacial score (nSPS) is 11.7. The van der Waals surface area contributed by atoms with Crippen molar-refractivity contribution >= 4 is 11.7 Å². The van der Waals surface area contributed by atoms with E-state index in [-0.39, 0.29) is 42.2 Å². The molecule has 0 fully saturated rings. The SMILES string of the molecule is Cn1ccc(-c2cc(C(=O)Nc3cc(Cc4nnn(CCO)n4)nn3-c3ccc(F)cc3)ccc2C(F)(F)F)n1. The first kappa shape index (κ1) is 26.7. The van der Waals surface area contributed by atoms with Crippen LogP contribution < -0.4 is 5.32 Å². The van der Waals surface area contributed by atoms with Crippen LogP contribution in [0.25, 0.3) is 16.9 Å². The molecule has 0 saturated carbocycles. The van der Waals surface area contributed by atoms with E-state index in [9.17, 15) is 22.4 Å². The number of carbonyl (C=O) groups excluding carboxylic acids is 1. The molecule has 2 N–H and O–H groups in total. The van der Waals surface area contributed by atoms with Crippen molar-refractivity contribution in [3.63, 3.8) is 0 Å². The van der Waals surface area contributed by atoms with Gasteiger partial charge in [0.25, 0.3) is 5.91 Å². The predicted molar refractivity (Wildman–Crippen MR) is 133 cm³/mol. The van der Waals surface area contributed by atoms with Crippen LogP contribution in [0.4, 0.5) is 23.4 Å². The van der Waals surface area contributed by atoms with E-state index in [4.69, 9.17) is 5.11 Å². The zero-order chi connectivity index (χ0) is 28.4. The number of tetrazole rings is 1. The summed E-state index contributed by atoms with van der Waals surface area (Å²) in [4.78, 5) is 14.5. The third kappa shape index (κ3) is 5.73. The van der Waals surface area contributed by atoms with Crippen molar-refractivity contribution in [2.75, 3.05) is 11.9 Å². The molecule has 2 aromatic carbocycles. The van der Waals surface area contributed by atoms with E-state index < -0.39 is 23.5 Å². The summed E-state index contributed by atoms with van der Waals surface area (Å²) in [6, 6.07) is 11.4. The van der Waals surface area contributed by atoms with Crippen LogP contribution in [0.3, 0.4) is 0 Å². The Balaban J connectivity index is 1.48. The fourth-order valence-electron chi connectivity index (χ4n) is 3.97. The summed E-state index contributed by atoms with van der Waals surface area (Å²) in [5, 5.41) is 32.2. The Morgan fingerprint density at radius 2 is 1.80 bits per heavy atom. The van der Waals surface area contributed by atoms with Gasteiger partial charge in [-0.05, 0) is 53.7 Å². The molecular weight excluding hydrogens is 534 g/mol. The number of carbonyl (C=O) groups is 1. The van der Waals surface area contributed by atoms with Gasteiger partial charge in [0, 0.05) is 30.4 Å². The second-order valence-corrected chi connectivity index (χ2v) is 8.70. The lowest BCUT2D eigenvalue weighted by Gasteiger charge is -2.14. The molecule has 5 rings (SSSR count). The molecule has 1 amide bonds. The maximum absolute atomic E-state index is 13.7. The Morgan fingerprint density at radius 3 is 2.48 bits per heavy atom. The fourth-order valence-corrected chi connectivity index (χ4v) is 3.97. The Morgan fingerprint density at radius 1 is 1.02 bits per heavy atom. The number of rotatable bonds is 8. The molecule has 0 aliphatic rings. The minimum Gasteiger partial charge on any atom is -0.394 e. The first-order valence-electron chi connectivity index (χ1n) is 11.9. The Labute approximate surface area is 223 Å². The third-order valence-corrected chi connectivity index (χ3v) is 5.78. The molecule has 11 nitrogen and oxygen atoms in total. The highest BCUT2D eigenvalue weighted by Crippen LogP contribution is 2.37. The van der Waals surface area contributed by atoms with Crippen LogP contribution in [0.2, 0.25) is 0 Å². The number of alkyl halides is 3. The molecule has 0 radical (unpaired) electrons. The summed E-state index contributed by atoms with van der Waals surface area (Å²) in [6.07, 6.45) is -3.04. The van der Waals surface area contributed by atoms with Crippen LogP contribution in [-0.2, 0) is 26.2 Å². The first-order chi connectivity index (χ1) is 19.1. The summed E-state index contributed by atoms with van der Waals surface area (Å²) in [7, 11) is 1.57. The molecule has 0 spiro atoms. The highest BCUT2D eigenvalue weighted by atomic mass is 19.4. The van der Waals surface area contributed by atoms with Gasteiger partial charge in [-0.15, -0.1) is 10.2 Å². The zero-order valence-electron chi connectivity index (χ0n) is 20.8. The summed E-state index contributed by atoms with van der Waals surface area (Å²) in [5.41, 5.74) is -0.319. The first-order valence-corrected chi connectivity index (χ1v) is 11.9. The minimum atomic E-state index is -4.66. The summed E-state index contributed by atoms with van der Waals surface area (Å²) in [5.74, 6) is -0.697. The molecule has 0 unspecified atom stereocenters. The second-order valence-electron chi connectivity index (χ2n) is 8.70. The molecule has 15 heteroatoms. The smallest absolute Gasteiger partial charge is 0.394 e. The Kier molecular flexibility index (Phi) is 7.13. The molecule has 0 atom stereocenters. The average molecular weight is 555 g/mol. The van der Waals surface area contributed by atoms with Crippen LogP contribution in [0.5, 0.6) is 0 Å². The van der Waals surface area contributed by atoms with Crippen molar-refractivity contribution in [3.8, 4) is 16.9 Å². The number of benzene rings is 2. The second kappa shape index (κ2) is 10.7. The molecule has 206 valence electrons. The zero-order valence-corrected chi connectivity index (χ0v) is 20.8. The maximum Gasteiger partial charge on any atom is 0.417 e. The number of aromatic nitrogens is 8. The number of hydrogen-bond donors (Lipinski definition) is 2. The van der Waals surface area contributed by atoms with Gasteiger partial charge in [-0.3, -0.25) is 9.48 Å². The van der Waals surface area contributed by atoms with E-state index in [1.54, 1.807) is 7.05 Å². The van der Waals surface area contributed by atoms with E-state index in [1.165, 1.54) is 56.8 Å². The van der Waals surface area contributed by atoms with Crippen molar-refractivity contribution in [2.45, 2.75) is 19.1 Å². The van der Waals surface area contributed by atoms with Gasteiger partial charge in [0.15, 0.2) is 5.82 Å². The minimum absolute atomic E-state index is 0.0457. The van der Waals surface area contributed by atoms with Crippen molar-refractivity contribution in [1.82, 2.24) is 39.8 Å². The number of anilines is 1. The van der Waals surface area contributed by atoms with Gasteiger partial charge in [-0.1, -0.05) is 0 Å². The van der Waals surface area contributed by atoms with Gasteiger partial charge >= 0.3 is 6.18 Å². The lowest BCUT2D eigenvalue weighted by Crippen LogP contribution is -2.16. The summed E-state index contributed by atoms with van der Waals surface area (Å²) < 4.78 is 57.4. The van der Waals surface area contributed by atoms with Crippen LogP contribution in [0.1, 0.15) is 27.4 Å². The number of halogens is 4. The monoisotopic (exact) mass is 555 g/mol. The molecule has 5 aromatic rings. The summed E-state index contributed by atoms with van der Waals surface area (Å²) in [6.45, 7) is -0.0108. The summed E-state index contributed by atoms with van der Waals surface area (Å²) >= 11 is 0. The van der Waals surface area contributed by atoms with E-state index in [2.05, 4.69) is 30.9 Å². The fraction of sp³-hybridized carbons (Fsp3) is 0.200. The van der Waals surface area contributed by atoms with E-state index in [1.807, 2.05) is 0 Å². The van der Waals surface area contributed by atoms with Crippen molar-refractivity contribution < 1.29 is 27.5 Å². The number of nitrogens with zero attached hydrogens (tertiary/aromatic N) is 8. The van der Waals surface area contributed by atoms with Gasteiger partial charge in [0.2, 0.25) is 0 Å². The molecule has 3 aromatic heterocycles. The Hall–Kier alpha value is -4.92. The largest absolute Gasteiger partial charge is 0.417 e. The molecule has 3 heterocycles. The lowest BCUT2D eigenvalue weighted by atomic mass is 10.0. The molecule has 0 aliphatic heterocycles. The highest BCUT2D eigenvalue weighted by Gasteiger charge is 2.34. The number of hydrogen-bond acceptors (Lipinski definition) is 7. The van der Waals surface area contributed by atoms with Gasteiger partial charge in [0.05, 0.1) is 42.2 Å². The quantitative estimate of drug-likeness (QED) is 0.281. The van der Waals surface area contributed by atoms with Crippen LogP contribution in [-0.4, -0.2) is 57.4 Å². The molecule has 0 bridgehead atoms. The standard InChI is InChI=1S/C25H21F4N9O2/c1-36-9-8-21(33-36)19-12-15(2-7-20(19)25(27,28)29)24(40)30-23-14-17(13-22-31-35-37(34-22)10-11-39)32-38(23)18-5-3-16(26)4-6-18/h2-9,12,14,39H,10-11,13H2,1H3,(H,30,40). The predicted octanol–water partition coefficient (Wildman–Crippen LogP) is 3.25. The van der Waals surface area contributed by atoms with E-state index in [0.717, 1.165) is 18.2 Å².